The third-order valence-corrected chi connectivity index (χ3v) is 19.3. The Morgan fingerprint density at radius 3 is 0.971 bits per heavy atom. The van der Waals surface area contributed by atoms with E-state index in [4.69, 9.17) is 20.6 Å². The van der Waals surface area contributed by atoms with Crippen LogP contribution in [0.25, 0.3) is 0 Å². The van der Waals surface area contributed by atoms with Crippen LogP contribution >= 0.6 is 0 Å². The zero-order valence-electron chi connectivity index (χ0n) is 18.7. The lowest BCUT2D eigenvalue weighted by Gasteiger charge is -2.42. The normalized spacial score (nSPS) is 20.2. The molecule has 5 nitrogen and oxygen atoms in total. The summed E-state index contributed by atoms with van der Waals surface area (Å²) in [5.41, 5.74) is 0. The lowest BCUT2D eigenvalue weighted by molar-refractivity contribution is 0.311. The molecule has 0 N–H and O–H groups in total. The summed E-state index contributed by atoms with van der Waals surface area (Å²) in [6.45, 7) is 0. The summed E-state index contributed by atoms with van der Waals surface area (Å²) in [6.07, 6.45) is 0. The molecule has 1 aliphatic rings. The van der Waals surface area contributed by atoms with E-state index in [1.165, 1.54) is 0 Å². The monoisotopic (exact) mass is 534 g/mol. The van der Waals surface area contributed by atoms with Crippen LogP contribution in [-0.2, 0) is 20.6 Å². The summed E-state index contributed by atoms with van der Waals surface area (Å²) < 4.78 is 33.1. The van der Waals surface area contributed by atoms with Gasteiger partial charge in [0.05, 0.1) is 0 Å². The number of rotatable bonds is 4. The van der Waals surface area contributed by atoms with E-state index in [-0.39, 0.29) is 0 Å². The molecule has 0 atom stereocenters. The molecule has 0 spiro atoms. The van der Waals surface area contributed by atoms with Crippen LogP contribution in [0.15, 0.2) is 121 Å². The van der Waals surface area contributed by atoms with Crippen molar-refractivity contribution in [3.8, 4) is 0 Å². The van der Waals surface area contributed by atoms with Gasteiger partial charge in [-0.3, -0.25) is 0 Å². The fraction of sp³-hybridized carbons (Fsp3) is 0. The Morgan fingerprint density at radius 1 is 0.382 bits per heavy atom. The van der Waals surface area contributed by atoms with E-state index in [1.807, 2.05) is 72.8 Å². The molecule has 0 radical (unpaired) electrons. The van der Waals surface area contributed by atoms with Gasteiger partial charge in [0.2, 0.25) is 0 Å². The molecule has 0 aliphatic carbocycles. The van der Waals surface area contributed by atoms with Crippen LogP contribution in [0.4, 0.5) is 0 Å². The second-order valence-electron chi connectivity index (χ2n) is 7.85. The van der Waals surface area contributed by atoms with Gasteiger partial charge in [0.15, 0.2) is 0 Å². The van der Waals surface area contributed by atoms with Gasteiger partial charge in [0, 0.05) is 0 Å². The second kappa shape index (κ2) is 11.0. The van der Waals surface area contributed by atoms with Crippen LogP contribution < -0.4 is 20.7 Å². The Bertz CT molecular complexity index is 998. The number of benzene rings is 4. The van der Waals surface area contributed by atoms with E-state index < -0.39 is 47.1 Å². The molecule has 0 saturated carbocycles. The Balaban J connectivity index is 1.78. The molecule has 0 amide bonds. The first-order valence-corrected chi connectivity index (χ1v) is 18.3. The Morgan fingerprint density at radius 2 is 0.676 bits per heavy atom. The SMILES string of the molecule is c1ccc([Si]2(c3ccccc3)O[SiH2]O[SiH2]O[SiH2]O[Si](c3ccccc3)(c3ccccc3)O2)cc1. The molecule has 1 saturated heterocycles. The van der Waals surface area contributed by atoms with Crippen LogP contribution in [0.5, 0.6) is 0 Å². The smallest absolute Gasteiger partial charge is 0.389 e. The molecule has 1 aliphatic heterocycles. The van der Waals surface area contributed by atoms with Crippen LogP contribution in [-0.4, -0.2) is 47.1 Å². The highest BCUT2D eigenvalue weighted by molar-refractivity contribution is 7.06. The molecule has 10 heteroatoms. The summed E-state index contributed by atoms with van der Waals surface area (Å²) in [4.78, 5) is 0. The van der Waals surface area contributed by atoms with Gasteiger partial charge in [0.25, 0.3) is 30.0 Å². The summed E-state index contributed by atoms with van der Waals surface area (Å²) in [6, 6.07) is 41.3. The zero-order chi connectivity index (χ0) is 23.1. The molecule has 34 heavy (non-hydrogen) atoms. The van der Waals surface area contributed by atoms with Gasteiger partial charge in [-0.1, -0.05) is 121 Å². The summed E-state index contributed by atoms with van der Waals surface area (Å²) in [5, 5.41) is 4.20. The van der Waals surface area contributed by atoms with E-state index in [9.17, 15) is 0 Å². The average molecular weight is 535 g/mol. The topological polar surface area (TPSA) is 46.2 Å². The quantitative estimate of drug-likeness (QED) is 0.333. The van der Waals surface area contributed by atoms with Crippen molar-refractivity contribution in [2.24, 2.45) is 0 Å². The maximum atomic E-state index is 7.50. The van der Waals surface area contributed by atoms with Crippen molar-refractivity contribution in [3.05, 3.63) is 121 Å². The van der Waals surface area contributed by atoms with E-state index >= 15 is 0 Å². The Kier molecular flexibility index (Phi) is 7.61. The minimum Gasteiger partial charge on any atom is -0.425 e. The zero-order valence-corrected chi connectivity index (χ0v) is 25.0. The van der Waals surface area contributed by atoms with Gasteiger partial charge >= 0.3 is 17.1 Å². The Labute approximate surface area is 209 Å². The molecule has 0 bridgehead atoms. The van der Waals surface area contributed by atoms with Crippen LogP contribution in [0.3, 0.4) is 0 Å². The lowest BCUT2D eigenvalue weighted by atomic mass is 10.4. The highest BCUT2D eigenvalue weighted by atomic mass is 28.5. The maximum Gasteiger partial charge on any atom is 0.389 e. The molecule has 1 fully saturated rings. The number of hydrogen-bond donors (Lipinski definition) is 0. The predicted molar refractivity (Wildman–Crippen MR) is 147 cm³/mol. The molecule has 1 heterocycles. The minimum atomic E-state index is -3.21. The summed E-state index contributed by atoms with van der Waals surface area (Å²) in [7, 11) is -10.2. The van der Waals surface area contributed by atoms with Gasteiger partial charge in [-0.25, -0.2) is 0 Å². The Hall–Kier alpha value is -2.24. The first kappa shape index (κ1) is 23.5. The van der Waals surface area contributed by atoms with Crippen molar-refractivity contribution in [1.29, 1.82) is 0 Å². The second-order valence-corrected chi connectivity index (χ2v) is 19.7. The summed E-state index contributed by atoms with van der Waals surface area (Å²) in [5.74, 6) is 0. The molecule has 4 aromatic carbocycles. The minimum absolute atomic E-state index is 1.05. The van der Waals surface area contributed by atoms with Crippen molar-refractivity contribution in [2.75, 3.05) is 0 Å². The van der Waals surface area contributed by atoms with E-state index in [0.29, 0.717) is 0 Å². The van der Waals surface area contributed by atoms with Crippen molar-refractivity contribution >= 4 is 67.9 Å². The van der Waals surface area contributed by atoms with Crippen LogP contribution in [0.2, 0.25) is 0 Å². The van der Waals surface area contributed by atoms with Gasteiger partial charge in [-0.15, -0.1) is 0 Å². The largest absolute Gasteiger partial charge is 0.425 e. The van der Waals surface area contributed by atoms with Gasteiger partial charge in [-0.2, -0.15) is 0 Å². The average Bonchev–Trinajstić information content (AvgIpc) is 2.93. The van der Waals surface area contributed by atoms with Crippen LogP contribution in [0.1, 0.15) is 0 Å². The van der Waals surface area contributed by atoms with Gasteiger partial charge in [0.1, 0.15) is 0 Å². The van der Waals surface area contributed by atoms with E-state index in [1.54, 1.807) is 0 Å². The van der Waals surface area contributed by atoms with Crippen molar-refractivity contribution < 1.29 is 20.6 Å². The van der Waals surface area contributed by atoms with E-state index in [0.717, 1.165) is 20.7 Å². The standard InChI is InChI=1S/C24H26O5Si5/c1-5-13-21(14-6-1)33(22-15-7-2-8-16-22)27-31-25-30-26-32-28-34(29-33,23-17-9-3-10-18-23)24-19-11-4-12-20-24/h1-20H,30-32H2. The fourth-order valence-electron chi connectivity index (χ4n) is 4.17. The van der Waals surface area contributed by atoms with Crippen molar-refractivity contribution in [3.63, 3.8) is 0 Å². The third kappa shape index (κ3) is 4.78. The van der Waals surface area contributed by atoms with E-state index in [2.05, 4.69) is 48.5 Å². The van der Waals surface area contributed by atoms with Crippen molar-refractivity contribution in [2.45, 2.75) is 0 Å². The van der Waals surface area contributed by atoms with Crippen LogP contribution in [0, 0.1) is 0 Å². The highest BCUT2D eigenvalue weighted by Gasteiger charge is 2.54. The van der Waals surface area contributed by atoms with Gasteiger partial charge < -0.3 is 20.6 Å². The first-order valence-electron chi connectivity index (χ1n) is 11.2. The predicted octanol–water partition coefficient (Wildman–Crippen LogP) is -0.407. The molecule has 0 unspecified atom stereocenters. The summed E-state index contributed by atoms with van der Waals surface area (Å²) >= 11 is 0. The molecule has 5 rings (SSSR count). The lowest BCUT2D eigenvalue weighted by Crippen LogP contribution is -2.76. The maximum absolute atomic E-state index is 7.50. The van der Waals surface area contributed by atoms with Gasteiger partial charge in [-0.05, 0) is 20.7 Å². The van der Waals surface area contributed by atoms with Crippen molar-refractivity contribution in [1.82, 2.24) is 0 Å². The molecule has 0 aromatic heterocycles. The fourth-order valence-corrected chi connectivity index (χ4v) is 20.6. The first-order chi connectivity index (χ1) is 16.8. The molecule has 172 valence electrons. The molecule has 4 aromatic rings. The third-order valence-electron chi connectivity index (χ3n) is 5.76. The molecular formula is C24H26O5Si5. The molecular weight excluding hydrogens is 509 g/mol. The number of hydrogen-bond acceptors (Lipinski definition) is 5. The highest BCUT2D eigenvalue weighted by Crippen LogP contribution is 2.20.